The first-order chi connectivity index (χ1) is 13.5. The van der Waals surface area contributed by atoms with Gasteiger partial charge in [0.25, 0.3) is 0 Å². The van der Waals surface area contributed by atoms with Crippen molar-refractivity contribution in [2.24, 2.45) is 5.41 Å². The first-order valence-electron chi connectivity index (χ1n) is 11.9. The minimum absolute atomic E-state index is 0.192. The Hall–Kier alpha value is -1.28. The van der Waals surface area contributed by atoms with E-state index in [4.69, 9.17) is 0 Å². The lowest BCUT2D eigenvalue weighted by Gasteiger charge is -2.47. The van der Waals surface area contributed by atoms with Gasteiger partial charge < -0.3 is 4.23 Å². The molecule has 1 aromatic carbocycles. The van der Waals surface area contributed by atoms with E-state index in [1.54, 1.807) is 16.7 Å². The van der Waals surface area contributed by atoms with Crippen molar-refractivity contribution in [2.75, 3.05) is 0 Å². The molecule has 0 bridgehead atoms. The van der Waals surface area contributed by atoms with Gasteiger partial charge in [-0.25, -0.2) is 0 Å². The van der Waals surface area contributed by atoms with Crippen LogP contribution >= 0.6 is 0 Å². The first kappa shape index (κ1) is 21.0. The molecule has 29 heavy (non-hydrogen) atoms. The Morgan fingerprint density at radius 3 is 2.07 bits per heavy atom. The maximum atomic E-state index is 2.85. The van der Waals surface area contributed by atoms with Gasteiger partial charge in [-0.15, -0.1) is 0 Å². The van der Waals surface area contributed by atoms with E-state index in [-0.39, 0.29) is 5.41 Å². The Morgan fingerprint density at radius 1 is 0.862 bits per heavy atom. The molecule has 1 saturated carbocycles. The number of hydrogen-bond donors (Lipinski definition) is 0. The van der Waals surface area contributed by atoms with Gasteiger partial charge in [-0.2, -0.15) is 0 Å². The van der Waals surface area contributed by atoms with Crippen LogP contribution in [0.4, 0.5) is 0 Å². The topological polar surface area (TPSA) is 4.93 Å². The summed E-state index contributed by atoms with van der Waals surface area (Å²) in [7, 11) is -1.79. The molecular weight excluding hydrogens is 366 g/mol. The van der Waals surface area contributed by atoms with Crippen LogP contribution in [0.2, 0.25) is 16.6 Å². The van der Waals surface area contributed by atoms with Crippen molar-refractivity contribution in [3.63, 3.8) is 0 Å². The van der Waals surface area contributed by atoms with Gasteiger partial charge in [-0.1, -0.05) is 92.5 Å². The molecule has 0 N–H and O–H groups in total. The standard InChI is InChI=1S/C27H41NSi/c1-18(2)29(19(3)4,20(5)6)28-16-13-21-11-12-22-17-23-26(7,8)14-10-15-27(23,9)24(22)25(21)28/h11-13,16-20H,10,14-15H2,1-9H3. The van der Waals surface area contributed by atoms with Crippen LogP contribution in [0.3, 0.4) is 0 Å². The first-order valence-corrected chi connectivity index (χ1v) is 14.0. The van der Waals surface area contributed by atoms with E-state index in [9.17, 15) is 0 Å². The average molecular weight is 408 g/mol. The van der Waals surface area contributed by atoms with Crippen molar-refractivity contribution in [3.05, 3.63) is 41.1 Å². The number of rotatable bonds is 4. The quantitative estimate of drug-likeness (QED) is 0.447. The maximum absolute atomic E-state index is 2.85. The molecule has 1 fully saturated rings. The molecule has 4 rings (SSSR count). The molecule has 1 nitrogen and oxygen atoms in total. The summed E-state index contributed by atoms with van der Waals surface area (Å²) in [6.45, 7) is 22.4. The van der Waals surface area contributed by atoms with E-state index in [1.165, 1.54) is 30.2 Å². The molecule has 1 unspecified atom stereocenters. The lowest BCUT2D eigenvalue weighted by Crippen LogP contribution is -2.52. The predicted octanol–water partition coefficient (Wildman–Crippen LogP) is 8.53. The Labute approximate surface area is 179 Å². The number of nitrogens with zero attached hydrogens (tertiary/aromatic N) is 1. The van der Waals surface area contributed by atoms with Crippen LogP contribution in [-0.2, 0) is 5.41 Å². The number of hydrogen-bond acceptors (Lipinski definition) is 0. The second-order valence-corrected chi connectivity index (χ2v) is 17.4. The highest BCUT2D eigenvalue weighted by molar-refractivity contribution is 6.82. The minimum Gasteiger partial charge on any atom is -0.373 e. The molecule has 1 heterocycles. The highest BCUT2D eigenvalue weighted by atomic mass is 28.3. The number of aromatic nitrogens is 1. The molecule has 2 heteroatoms. The van der Waals surface area contributed by atoms with Crippen LogP contribution in [0.5, 0.6) is 0 Å². The second kappa shape index (κ2) is 6.61. The lowest BCUT2D eigenvalue weighted by atomic mass is 9.60. The molecule has 2 aromatic rings. The molecule has 2 aliphatic rings. The van der Waals surface area contributed by atoms with Crippen molar-refractivity contribution in [1.29, 1.82) is 0 Å². The van der Waals surface area contributed by atoms with Crippen LogP contribution in [0, 0.1) is 5.41 Å². The Balaban J connectivity index is 2.06. The van der Waals surface area contributed by atoms with Gasteiger partial charge in [-0.05, 0) is 63.7 Å². The van der Waals surface area contributed by atoms with E-state index in [1.807, 2.05) is 0 Å². The highest BCUT2D eigenvalue weighted by Gasteiger charge is 2.50. The summed E-state index contributed by atoms with van der Waals surface area (Å²) in [5.74, 6) is 0. The van der Waals surface area contributed by atoms with Crippen LogP contribution in [0.15, 0.2) is 30.0 Å². The molecule has 1 aromatic heterocycles. The van der Waals surface area contributed by atoms with Crippen LogP contribution in [0.25, 0.3) is 17.0 Å². The molecular formula is C27H41NSi. The van der Waals surface area contributed by atoms with Gasteiger partial charge in [0.15, 0.2) is 8.24 Å². The zero-order chi connectivity index (χ0) is 21.4. The summed E-state index contributed by atoms with van der Waals surface area (Å²) < 4.78 is 2.85. The average Bonchev–Trinajstić information content (AvgIpc) is 3.14. The predicted molar refractivity (Wildman–Crippen MR) is 131 cm³/mol. The molecule has 0 aliphatic heterocycles. The van der Waals surface area contributed by atoms with Gasteiger partial charge in [-0.3, -0.25) is 0 Å². The largest absolute Gasteiger partial charge is 0.373 e. The van der Waals surface area contributed by atoms with Gasteiger partial charge in [0.2, 0.25) is 0 Å². The molecule has 2 aliphatic carbocycles. The molecule has 0 amide bonds. The van der Waals surface area contributed by atoms with Crippen LogP contribution in [-0.4, -0.2) is 12.5 Å². The summed E-state index contributed by atoms with van der Waals surface area (Å²) in [5.41, 5.74) is 8.99. The number of fused-ring (bicyclic) bond motifs is 5. The fourth-order valence-electron chi connectivity index (χ4n) is 7.77. The summed E-state index contributed by atoms with van der Waals surface area (Å²) >= 11 is 0. The fourth-order valence-corrected chi connectivity index (χ4v) is 14.4. The maximum Gasteiger partial charge on any atom is 0.169 e. The van der Waals surface area contributed by atoms with Gasteiger partial charge >= 0.3 is 0 Å². The molecule has 1 atom stereocenters. The third kappa shape index (κ3) is 2.63. The van der Waals surface area contributed by atoms with Crippen molar-refractivity contribution >= 4 is 25.2 Å². The molecule has 0 radical (unpaired) electrons. The van der Waals surface area contributed by atoms with Crippen molar-refractivity contribution < 1.29 is 0 Å². The van der Waals surface area contributed by atoms with Crippen molar-refractivity contribution in [2.45, 2.75) is 104 Å². The minimum atomic E-state index is -1.79. The van der Waals surface area contributed by atoms with E-state index >= 15 is 0 Å². The Morgan fingerprint density at radius 2 is 1.48 bits per heavy atom. The van der Waals surface area contributed by atoms with E-state index < -0.39 is 8.24 Å². The molecule has 0 spiro atoms. The highest BCUT2D eigenvalue weighted by Crippen LogP contribution is 2.59. The van der Waals surface area contributed by atoms with Gasteiger partial charge in [0.05, 0.1) is 0 Å². The zero-order valence-corrected chi connectivity index (χ0v) is 21.2. The van der Waals surface area contributed by atoms with E-state index in [0.717, 1.165) is 0 Å². The summed E-state index contributed by atoms with van der Waals surface area (Å²) in [4.78, 5) is 0. The van der Waals surface area contributed by atoms with Crippen molar-refractivity contribution in [1.82, 2.24) is 4.23 Å². The summed E-state index contributed by atoms with van der Waals surface area (Å²) in [5, 5.41) is 1.45. The third-order valence-corrected chi connectivity index (χ3v) is 15.5. The second-order valence-electron chi connectivity index (χ2n) is 11.6. The Bertz CT molecular complexity index is 950. The van der Waals surface area contributed by atoms with E-state index in [2.05, 4.69) is 97.0 Å². The van der Waals surface area contributed by atoms with Gasteiger partial charge in [0, 0.05) is 10.9 Å². The zero-order valence-electron chi connectivity index (χ0n) is 20.2. The normalized spacial score (nSPS) is 23.8. The number of allylic oxidation sites excluding steroid dienone is 1. The lowest BCUT2D eigenvalue weighted by molar-refractivity contribution is 0.267. The SMILES string of the molecule is CC(C)[Si](C(C)C)(C(C)C)n1ccc2ccc3c(c21)C1(C)CCCC(C)(C)C1=C3. The van der Waals surface area contributed by atoms with Crippen LogP contribution < -0.4 is 0 Å². The van der Waals surface area contributed by atoms with Crippen molar-refractivity contribution in [3.8, 4) is 0 Å². The molecule has 158 valence electrons. The monoisotopic (exact) mass is 407 g/mol. The third-order valence-electron chi connectivity index (χ3n) is 8.73. The van der Waals surface area contributed by atoms with E-state index in [0.29, 0.717) is 22.0 Å². The molecule has 0 saturated heterocycles. The number of benzene rings is 1. The smallest absolute Gasteiger partial charge is 0.169 e. The Kier molecular flexibility index (Phi) is 4.78. The van der Waals surface area contributed by atoms with Gasteiger partial charge in [0.1, 0.15) is 0 Å². The van der Waals surface area contributed by atoms with Crippen LogP contribution in [0.1, 0.15) is 92.7 Å². The fraction of sp³-hybridized carbons (Fsp3) is 0.630. The summed E-state index contributed by atoms with van der Waals surface area (Å²) in [6.07, 6.45) is 8.97. The summed E-state index contributed by atoms with van der Waals surface area (Å²) in [6, 6.07) is 7.19.